The van der Waals surface area contributed by atoms with Crippen LogP contribution in [-0.2, 0) is 19.4 Å². The van der Waals surface area contributed by atoms with Gasteiger partial charge in [-0.1, -0.05) is 6.08 Å². The zero-order valence-electron chi connectivity index (χ0n) is 12.1. The summed E-state index contributed by atoms with van der Waals surface area (Å²) in [4.78, 5) is 1.41. The van der Waals surface area contributed by atoms with Crippen LogP contribution in [0.15, 0.2) is 31.0 Å². The SMILES string of the molecule is C=CCNCc1cccn1-c1sc2c(c1C#N)CCCC2. The molecule has 21 heavy (non-hydrogen) atoms. The van der Waals surface area contributed by atoms with E-state index in [9.17, 15) is 5.26 Å². The Morgan fingerprint density at radius 3 is 3.10 bits per heavy atom. The van der Waals surface area contributed by atoms with E-state index in [2.05, 4.69) is 34.8 Å². The molecule has 2 heterocycles. The molecule has 0 aromatic carbocycles. The standard InChI is InChI=1S/C17H19N3S/c1-2-9-19-12-13-6-5-10-20(13)17-15(11-18)14-7-3-4-8-16(14)21-17/h2,5-6,10,19H,1,3-4,7-9,12H2. The summed E-state index contributed by atoms with van der Waals surface area (Å²) in [5.74, 6) is 0. The Hall–Kier alpha value is -1.83. The first kappa shape index (κ1) is 14.1. The second kappa shape index (κ2) is 6.30. The Bertz CT molecular complexity index is 687. The van der Waals surface area contributed by atoms with E-state index in [1.165, 1.54) is 29.0 Å². The second-order valence-corrected chi connectivity index (χ2v) is 6.38. The molecule has 3 rings (SSSR count). The van der Waals surface area contributed by atoms with E-state index in [1.54, 1.807) is 11.3 Å². The molecule has 1 aliphatic carbocycles. The van der Waals surface area contributed by atoms with E-state index >= 15 is 0 Å². The van der Waals surface area contributed by atoms with Gasteiger partial charge in [0, 0.05) is 29.9 Å². The Kier molecular flexibility index (Phi) is 4.23. The van der Waals surface area contributed by atoms with Gasteiger partial charge in [-0.3, -0.25) is 0 Å². The quantitative estimate of drug-likeness (QED) is 0.677. The Labute approximate surface area is 129 Å². The van der Waals surface area contributed by atoms with Crippen molar-refractivity contribution in [3.8, 4) is 11.1 Å². The lowest BCUT2D eigenvalue weighted by Crippen LogP contribution is -2.15. The first-order valence-corrected chi connectivity index (χ1v) is 8.19. The van der Waals surface area contributed by atoms with Crippen LogP contribution in [0.4, 0.5) is 0 Å². The molecular formula is C17H19N3S. The molecule has 1 N–H and O–H groups in total. The normalized spacial score (nSPS) is 13.7. The molecule has 2 aromatic heterocycles. The van der Waals surface area contributed by atoms with Gasteiger partial charge in [-0.25, -0.2) is 0 Å². The predicted molar refractivity (Wildman–Crippen MR) is 86.9 cm³/mol. The van der Waals surface area contributed by atoms with Gasteiger partial charge in [0.15, 0.2) is 0 Å². The molecule has 0 radical (unpaired) electrons. The third-order valence-corrected chi connectivity index (χ3v) is 5.20. The number of hydrogen-bond donors (Lipinski definition) is 1. The number of nitriles is 1. The average molecular weight is 297 g/mol. The predicted octanol–water partition coefficient (Wildman–Crippen LogP) is 3.56. The molecule has 108 valence electrons. The highest BCUT2D eigenvalue weighted by atomic mass is 32.1. The number of nitrogens with one attached hydrogen (secondary N) is 1. The van der Waals surface area contributed by atoms with E-state index in [-0.39, 0.29) is 0 Å². The van der Waals surface area contributed by atoms with Crippen LogP contribution in [0.1, 0.15) is 34.5 Å². The van der Waals surface area contributed by atoms with E-state index in [0.717, 1.165) is 36.5 Å². The maximum absolute atomic E-state index is 9.58. The van der Waals surface area contributed by atoms with Gasteiger partial charge in [0.25, 0.3) is 0 Å². The summed E-state index contributed by atoms with van der Waals surface area (Å²) in [5, 5.41) is 14.0. The second-order valence-electron chi connectivity index (χ2n) is 5.29. The molecule has 0 fully saturated rings. The lowest BCUT2D eigenvalue weighted by molar-refractivity contribution is 0.695. The minimum atomic E-state index is 0.784. The van der Waals surface area contributed by atoms with Crippen molar-refractivity contribution in [3.05, 3.63) is 52.7 Å². The fourth-order valence-electron chi connectivity index (χ4n) is 2.90. The number of aryl methyl sites for hydroxylation is 1. The average Bonchev–Trinajstić information content (AvgIpc) is 3.10. The number of rotatable bonds is 5. The van der Waals surface area contributed by atoms with Crippen LogP contribution in [-0.4, -0.2) is 11.1 Å². The number of hydrogen-bond acceptors (Lipinski definition) is 3. The molecule has 4 heteroatoms. The molecule has 3 nitrogen and oxygen atoms in total. The first-order valence-electron chi connectivity index (χ1n) is 7.38. The molecule has 0 saturated heterocycles. The zero-order chi connectivity index (χ0) is 14.7. The zero-order valence-corrected chi connectivity index (χ0v) is 12.9. The number of thiophene rings is 1. The highest BCUT2D eigenvalue weighted by Gasteiger charge is 2.22. The Morgan fingerprint density at radius 2 is 2.29 bits per heavy atom. The lowest BCUT2D eigenvalue weighted by atomic mass is 9.96. The van der Waals surface area contributed by atoms with Crippen molar-refractivity contribution < 1.29 is 0 Å². The first-order chi connectivity index (χ1) is 10.3. The van der Waals surface area contributed by atoms with Gasteiger partial charge in [0.05, 0.1) is 5.56 Å². The summed E-state index contributed by atoms with van der Waals surface area (Å²) in [5.41, 5.74) is 3.37. The van der Waals surface area contributed by atoms with Crippen molar-refractivity contribution in [2.24, 2.45) is 0 Å². The molecule has 0 saturated carbocycles. The van der Waals surface area contributed by atoms with E-state index in [0.29, 0.717) is 0 Å². The highest BCUT2D eigenvalue weighted by Crippen LogP contribution is 2.36. The van der Waals surface area contributed by atoms with Crippen molar-refractivity contribution in [1.29, 1.82) is 5.26 Å². The summed E-state index contributed by atoms with van der Waals surface area (Å²) >= 11 is 1.79. The summed E-state index contributed by atoms with van der Waals surface area (Å²) < 4.78 is 2.16. The van der Waals surface area contributed by atoms with Crippen LogP contribution in [0.5, 0.6) is 0 Å². The minimum absolute atomic E-state index is 0.784. The maximum atomic E-state index is 9.58. The monoisotopic (exact) mass is 297 g/mol. The van der Waals surface area contributed by atoms with Gasteiger partial charge in [-0.2, -0.15) is 5.26 Å². The highest BCUT2D eigenvalue weighted by molar-refractivity contribution is 7.15. The summed E-state index contributed by atoms with van der Waals surface area (Å²) in [6.07, 6.45) is 8.55. The Morgan fingerprint density at radius 1 is 1.43 bits per heavy atom. The summed E-state index contributed by atoms with van der Waals surface area (Å²) in [6, 6.07) is 6.59. The number of nitrogens with zero attached hydrogens (tertiary/aromatic N) is 2. The topological polar surface area (TPSA) is 40.8 Å². The molecule has 0 atom stereocenters. The van der Waals surface area contributed by atoms with Crippen molar-refractivity contribution >= 4 is 11.3 Å². The molecule has 0 aliphatic heterocycles. The van der Waals surface area contributed by atoms with Gasteiger partial charge in [-0.15, -0.1) is 17.9 Å². The fraction of sp³-hybridized carbons (Fsp3) is 0.353. The van der Waals surface area contributed by atoms with Crippen LogP contribution in [0.25, 0.3) is 5.00 Å². The molecule has 0 bridgehead atoms. The van der Waals surface area contributed by atoms with E-state index in [1.807, 2.05) is 12.1 Å². The third kappa shape index (κ3) is 2.67. The molecule has 0 unspecified atom stereocenters. The van der Waals surface area contributed by atoms with Gasteiger partial charge >= 0.3 is 0 Å². The van der Waals surface area contributed by atoms with E-state index in [4.69, 9.17) is 0 Å². The van der Waals surface area contributed by atoms with Gasteiger partial charge < -0.3 is 9.88 Å². The van der Waals surface area contributed by atoms with Crippen molar-refractivity contribution in [2.45, 2.75) is 32.2 Å². The van der Waals surface area contributed by atoms with Gasteiger partial charge in [0.2, 0.25) is 0 Å². The van der Waals surface area contributed by atoms with Crippen LogP contribution >= 0.6 is 11.3 Å². The summed E-state index contributed by atoms with van der Waals surface area (Å²) in [6.45, 7) is 5.29. The molecule has 0 spiro atoms. The van der Waals surface area contributed by atoms with Crippen molar-refractivity contribution in [2.75, 3.05) is 6.54 Å². The van der Waals surface area contributed by atoms with E-state index < -0.39 is 0 Å². The summed E-state index contributed by atoms with van der Waals surface area (Å²) in [7, 11) is 0. The molecular weight excluding hydrogens is 278 g/mol. The number of aromatic nitrogens is 1. The molecule has 2 aromatic rings. The maximum Gasteiger partial charge on any atom is 0.118 e. The minimum Gasteiger partial charge on any atom is -0.310 e. The smallest absolute Gasteiger partial charge is 0.118 e. The lowest BCUT2D eigenvalue weighted by Gasteiger charge is -2.10. The Balaban J connectivity index is 1.97. The van der Waals surface area contributed by atoms with Crippen molar-refractivity contribution in [3.63, 3.8) is 0 Å². The van der Waals surface area contributed by atoms with Crippen LogP contribution < -0.4 is 5.32 Å². The largest absolute Gasteiger partial charge is 0.310 e. The van der Waals surface area contributed by atoms with Crippen molar-refractivity contribution in [1.82, 2.24) is 9.88 Å². The fourth-order valence-corrected chi connectivity index (χ4v) is 4.25. The molecule has 1 aliphatic rings. The van der Waals surface area contributed by atoms with Gasteiger partial charge in [-0.05, 0) is 43.4 Å². The molecule has 0 amide bonds. The van der Waals surface area contributed by atoms with Crippen LogP contribution in [0.3, 0.4) is 0 Å². The third-order valence-electron chi connectivity index (χ3n) is 3.91. The van der Waals surface area contributed by atoms with Crippen LogP contribution in [0.2, 0.25) is 0 Å². The van der Waals surface area contributed by atoms with Crippen LogP contribution in [0, 0.1) is 11.3 Å². The number of fused-ring (bicyclic) bond motifs is 1. The van der Waals surface area contributed by atoms with Gasteiger partial charge in [0.1, 0.15) is 11.1 Å².